The zero-order valence-corrected chi connectivity index (χ0v) is 19.1. The highest BCUT2D eigenvalue weighted by molar-refractivity contribution is 7.12. The molecule has 1 aromatic heterocycles. The van der Waals surface area contributed by atoms with E-state index < -0.39 is 23.8 Å². The summed E-state index contributed by atoms with van der Waals surface area (Å²) < 4.78 is 10.6. The Kier molecular flexibility index (Phi) is 6.50. The standard InChI is InChI=1S/C23H29NO5S/c1-7-12(3)29-23(27)18-14(5)24-15-10-11(2)17(22(26)28-6)21(25)19(15)20(18)16-9-8-13(4)30-16/h8-9,11-12,17,20,24H,7,10H2,1-6H3/t11-,12-,17+,20-/m0/s1. The number of Topliss-reactive ketones (excluding diaryl/α,β-unsaturated/α-hetero) is 1. The monoisotopic (exact) mass is 431 g/mol. The summed E-state index contributed by atoms with van der Waals surface area (Å²) in [7, 11) is 1.30. The Hall–Kier alpha value is -2.41. The van der Waals surface area contributed by atoms with Gasteiger partial charge in [0.25, 0.3) is 0 Å². The number of carbonyl (C=O) groups excluding carboxylic acids is 3. The van der Waals surface area contributed by atoms with Crippen molar-refractivity contribution in [2.75, 3.05) is 7.11 Å². The van der Waals surface area contributed by atoms with E-state index in [1.54, 1.807) is 11.3 Å². The van der Waals surface area contributed by atoms with Gasteiger partial charge in [0.15, 0.2) is 5.78 Å². The van der Waals surface area contributed by atoms with Crippen LogP contribution in [-0.4, -0.2) is 30.9 Å². The number of allylic oxidation sites excluding steroid dienone is 3. The SMILES string of the molecule is CC[C@H](C)OC(=O)C1=C(C)NC2=C(C(=O)[C@H](C(=O)OC)[C@@H](C)C2)[C@H]1c1ccc(C)s1. The van der Waals surface area contributed by atoms with Crippen molar-refractivity contribution in [3.63, 3.8) is 0 Å². The van der Waals surface area contributed by atoms with Crippen molar-refractivity contribution in [2.45, 2.75) is 59.5 Å². The fourth-order valence-corrected chi connectivity index (χ4v) is 5.17. The molecule has 1 aromatic rings. The maximum absolute atomic E-state index is 13.5. The van der Waals surface area contributed by atoms with Gasteiger partial charge in [0.1, 0.15) is 5.92 Å². The van der Waals surface area contributed by atoms with E-state index in [-0.39, 0.29) is 17.8 Å². The summed E-state index contributed by atoms with van der Waals surface area (Å²) >= 11 is 1.54. The van der Waals surface area contributed by atoms with Crippen LogP contribution in [0.1, 0.15) is 56.2 Å². The van der Waals surface area contributed by atoms with Crippen LogP contribution in [0.2, 0.25) is 0 Å². The Labute approximate surface area is 181 Å². The van der Waals surface area contributed by atoms with Crippen molar-refractivity contribution >= 4 is 29.1 Å². The molecule has 0 aromatic carbocycles. The van der Waals surface area contributed by atoms with Crippen molar-refractivity contribution in [2.24, 2.45) is 11.8 Å². The maximum Gasteiger partial charge on any atom is 0.337 e. The van der Waals surface area contributed by atoms with Crippen molar-refractivity contribution < 1.29 is 23.9 Å². The zero-order chi connectivity index (χ0) is 22.2. The molecule has 0 amide bonds. The summed E-state index contributed by atoms with van der Waals surface area (Å²) in [6.07, 6.45) is 0.999. The van der Waals surface area contributed by atoms with Crippen LogP contribution < -0.4 is 5.32 Å². The molecule has 2 heterocycles. The lowest BCUT2D eigenvalue weighted by Crippen LogP contribution is -2.43. The molecule has 30 heavy (non-hydrogen) atoms. The molecule has 2 aliphatic rings. The van der Waals surface area contributed by atoms with E-state index in [4.69, 9.17) is 9.47 Å². The van der Waals surface area contributed by atoms with Gasteiger partial charge >= 0.3 is 11.9 Å². The molecule has 0 fully saturated rings. The van der Waals surface area contributed by atoms with E-state index >= 15 is 0 Å². The number of aryl methyl sites for hydroxylation is 1. The molecule has 0 spiro atoms. The number of thiophene rings is 1. The fourth-order valence-electron chi connectivity index (χ4n) is 4.17. The van der Waals surface area contributed by atoms with E-state index in [9.17, 15) is 14.4 Å². The van der Waals surface area contributed by atoms with Crippen LogP contribution in [0.4, 0.5) is 0 Å². The first-order valence-corrected chi connectivity index (χ1v) is 11.1. The maximum atomic E-state index is 13.5. The number of methoxy groups -OCH3 is 1. The number of rotatable bonds is 5. The van der Waals surface area contributed by atoms with Crippen LogP contribution in [0.25, 0.3) is 0 Å². The van der Waals surface area contributed by atoms with E-state index in [2.05, 4.69) is 5.32 Å². The molecule has 1 N–H and O–H groups in total. The van der Waals surface area contributed by atoms with Gasteiger partial charge in [-0.1, -0.05) is 13.8 Å². The predicted molar refractivity (Wildman–Crippen MR) is 115 cm³/mol. The van der Waals surface area contributed by atoms with Crippen molar-refractivity contribution in [3.05, 3.63) is 44.4 Å². The third kappa shape index (κ3) is 3.95. The number of nitrogens with one attached hydrogen (secondary N) is 1. The number of carbonyl (C=O) groups is 3. The average molecular weight is 432 g/mol. The summed E-state index contributed by atoms with van der Waals surface area (Å²) in [6, 6.07) is 3.92. The Morgan fingerprint density at radius 3 is 2.57 bits per heavy atom. The topological polar surface area (TPSA) is 81.7 Å². The molecular weight excluding hydrogens is 402 g/mol. The lowest BCUT2D eigenvalue weighted by molar-refractivity contribution is -0.151. The molecule has 3 rings (SSSR count). The van der Waals surface area contributed by atoms with Crippen molar-refractivity contribution in [1.29, 1.82) is 0 Å². The second-order valence-electron chi connectivity index (χ2n) is 8.11. The minimum absolute atomic E-state index is 0.191. The molecule has 7 heteroatoms. The summed E-state index contributed by atoms with van der Waals surface area (Å²) in [5, 5.41) is 3.28. The summed E-state index contributed by atoms with van der Waals surface area (Å²) in [4.78, 5) is 41.1. The van der Waals surface area contributed by atoms with Gasteiger partial charge in [-0.05, 0) is 51.7 Å². The van der Waals surface area contributed by atoms with Crippen LogP contribution in [0, 0.1) is 18.8 Å². The van der Waals surface area contributed by atoms with E-state index in [0.29, 0.717) is 29.7 Å². The van der Waals surface area contributed by atoms with Gasteiger partial charge in [-0.3, -0.25) is 9.59 Å². The number of ether oxygens (including phenoxy) is 2. The van der Waals surface area contributed by atoms with Gasteiger partial charge in [0, 0.05) is 26.7 Å². The van der Waals surface area contributed by atoms with Gasteiger partial charge in [0.2, 0.25) is 0 Å². The normalized spacial score (nSPS) is 24.9. The molecule has 6 nitrogen and oxygen atoms in total. The molecular formula is C23H29NO5S. The van der Waals surface area contributed by atoms with Crippen LogP contribution in [0.5, 0.6) is 0 Å². The molecule has 0 radical (unpaired) electrons. The smallest absolute Gasteiger partial charge is 0.337 e. The minimum Gasteiger partial charge on any atom is -0.468 e. The van der Waals surface area contributed by atoms with Gasteiger partial charge in [-0.2, -0.15) is 0 Å². The van der Waals surface area contributed by atoms with Crippen LogP contribution in [-0.2, 0) is 23.9 Å². The molecule has 162 valence electrons. The largest absolute Gasteiger partial charge is 0.468 e. The highest BCUT2D eigenvalue weighted by Crippen LogP contribution is 2.47. The second kappa shape index (κ2) is 8.76. The van der Waals surface area contributed by atoms with E-state index in [0.717, 1.165) is 15.5 Å². The minimum atomic E-state index is -0.871. The number of esters is 2. The predicted octanol–water partition coefficient (Wildman–Crippen LogP) is 4.01. The highest BCUT2D eigenvalue weighted by atomic mass is 32.1. The quantitative estimate of drug-likeness (QED) is 0.560. The molecule has 1 aliphatic heterocycles. The van der Waals surface area contributed by atoms with Crippen LogP contribution in [0.15, 0.2) is 34.7 Å². The Morgan fingerprint density at radius 2 is 2.00 bits per heavy atom. The third-order valence-corrected chi connectivity index (χ3v) is 6.96. The summed E-state index contributed by atoms with van der Waals surface area (Å²) in [5.74, 6) is -2.86. The fraction of sp³-hybridized carbons (Fsp3) is 0.522. The molecule has 4 atom stereocenters. The van der Waals surface area contributed by atoms with Gasteiger partial charge in [-0.25, -0.2) is 4.79 Å². The van der Waals surface area contributed by atoms with Gasteiger partial charge < -0.3 is 14.8 Å². The van der Waals surface area contributed by atoms with Crippen molar-refractivity contribution in [1.82, 2.24) is 5.32 Å². The van der Waals surface area contributed by atoms with E-state index in [1.165, 1.54) is 7.11 Å². The molecule has 0 saturated heterocycles. The lowest BCUT2D eigenvalue weighted by atomic mass is 9.70. The molecule has 0 bridgehead atoms. The summed E-state index contributed by atoms with van der Waals surface area (Å²) in [5.41, 5.74) is 2.38. The summed E-state index contributed by atoms with van der Waals surface area (Å²) in [6.45, 7) is 9.50. The first kappa shape index (κ1) is 22.3. The van der Waals surface area contributed by atoms with Crippen LogP contribution in [0.3, 0.4) is 0 Å². The average Bonchev–Trinajstić information content (AvgIpc) is 3.12. The number of ketones is 1. The third-order valence-electron chi connectivity index (χ3n) is 5.89. The Balaban J connectivity index is 2.13. The first-order chi connectivity index (χ1) is 14.2. The number of hydrogen-bond donors (Lipinski definition) is 1. The Bertz CT molecular complexity index is 941. The van der Waals surface area contributed by atoms with Crippen molar-refractivity contribution in [3.8, 4) is 0 Å². The highest BCUT2D eigenvalue weighted by Gasteiger charge is 2.47. The zero-order valence-electron chi connectivity index (χ0n) is 18.3. The lowest BCUT2D eigenvalue weighted by Gasteiger charge is -2.38. The Morgan fingerprint density at radius 1 is 1.30 bits per heavy atom. The molecule has 0 unspecified atom stereocenters. The van der Waals surface area contributed by atoms with Gasteiger partial charge in [0.05, 0.1) is 24.7 Å². The van der Waals surface area contributed by atoms with Crippen LogP contribution >= 0.6 is 11.3 Å². The number of hydrogen-bond acceptors (Lipinski definition) is 7. The second-order valence-corrected chi connectivity index (χ2v) is 9.43. The van der Waals surface area contributed by atoms with E-state index in [1.807, 2.05) is 46.8 Å². The molecule has 1 aliphatic carbocycles. The number of dihydropyridines is 1. The molecule has 0 saturated carbocycles. The van der Waals surface area contributed by atoms with Gasteiger partial charge in [-0.15, -0.1) is 11.3 Å². The first-order valence-electron chi connectivity index (χ1n) is 10.3.